The van der Waals surface area contributed by atoms with E-state index in [9.17, 15) is 9.59 Å². The molecule has 194 valence electrons. The predicted molar refractivity (Wildman–Crippen MR) is 143 cm³/mol. The van der Waals surface area contributed by atoms with E-state index in [1.807, 2.05) is 60.7 Å². The maximum Gasteiger partial charge on any atom is 0.337 e. The molecule has 0 aliphatic carbocycles. The molecule has 0 saturated carbocycles. The van der Waals surface area contributed by atoms with Gasteiger partial charge in [0, 0.05) is 18.8 Å². The van der Waals surface area contributed by atoms with Gasteiger partial charge in [0.2, 0.25) is 0 Å². The summed E-state index contributed by atoms with van der Waals surface area (Å²) in [5, 5.41) is 6.64. The Bertz CT molecular complexity index is 1120. The Morgan fingerprint density at radius 3 is 2.49 bits per heavy atom. The molecule has 3 aliphatic rings. The number of ether oxygens (including phenoxy) is 2. The topological polar surface area (TPSA) is 79.9 Å². The van der Waals surface area contributed by atoms with Gasteiger partial charge < -0.3 is 25.0 Å². The summed E-state index contributed by atoms with van der Waals surface area (Å²) in [6.07, 6.45) is 6.21. The van der Waals surface area contributed by atoms with Crippen LogP contribution < -0.4 is 10.6 Å². The zero-order valence-corrected chi connectivity index (χ0v) is 21.3. The van der Waals surface area contributed by atoms with E-state index in [1.54, 1.807) is 6.92 Å². The predicted octanol–water partition coefficient (Wildman–Crippen LogP) is 3.49. The molecular weight excluding hydrogens is 466 g/mol. The zero-order valence-electron chi connectivity index (χ0n) is 21.3. The number of anilines is 1. The second-order valence-electron chi connectivity index (χ2n) is 9.76. The van der Waals surface area contributed by atoms with Crippen molar-refractivity contribution in [2.24, 2.45) is 0 Å². The highest BCUT2D eigenvalue weighted by Gasteiger charge is 2.58. The van der Waals surface area contributed by atoms with Gasteiger partial charge in [0.05, 0.1) is 23.8 Å². The van der Waals surface area contributed by atoms with Gasteiger partial charge in [0.15, 0.2) is 0 Å². The quantitative estimate of drug-likeness (QED) is 0.363. The fourth-order valence-corrected chi connectivity index (χ4v) is 5.58. The second-order valence-corrected chi connectivity index (χ2v) is 9.76. The molecule has 3 atom stereocenters. The third-order valence-corrected chi connectivity index (χ3v) is 7.34. The van der Waals surface area contributed by atoms with Crippen molar-refractivity contribution >= 4 is 17.6 Å². The summed E-state index contributed by atoms with van der Waals surface area (Å²) in [5.74, 6) is -0.774. The number of carbonyl (C=O) groups excluding carboxylic acids is 2. The van der Waals surface area contributed by atoms with Crippen LogP contribution in [0, 0.1) is 0 Å². The SMILES string of the molecule is CCOC(=O)C1=C(C(=O)NCCN2CCCC2)C2C=CC1(C(Cc1ccccc1)Nc1ccccc1)O2. The Balaban J connectivity index is 1.47. The van der Waals surface area contributed by atoms with Crippen molar-refractivity contribution < 1.29 is 19.1 Å². The van der Waals surface area contributed by atoms with Crippen LogP contribution in [0.15, 0.2) is 84.0 Å². The van der Waals surface area contributed by atoms with Crippen LogP contribution in [0.3, 0.4) is 0 Å². The maximum atomic E-state index is 13.5. The summed E-state index contributed by atoms with van der Waals surface area (Å²) in [4.78, 5) is 29.3. The van der Waals surface area contributed by atoms with Crippen LogP contribution >= 0.6 is 0 Å². The van der Waals surface area contributed by atoms with Gasteiger partial charge in [0.25, 0.3) is 5.91 Å². The molecule has 7 heteroatoms. The second kappa shape index (κ2) is 11.3. The molecule has 7 nitrogen and oxygen atoms in total. The van der Waals surface area contributed by atoms with Crippen molar-refractivity contribution in [3.05, 3.63) is 89.5 Å². The van der Waals surface area contributed by atoms with Crippen molar-refractivity contribution in [1.82, 2.24) is 10.2 Å². The maximum absolute atomic E-state index is 13.5. The van der Waals surface area contributed by atoms with Crippen LogP contribution in [0.2, 0.25) is 0 Å². The fourth-order valence-electron chi connectivity index (χ4n) is 5.58. The summed E-state index contributed by atoms with van der Waals surface area (Å²) in [5.41, 5.74) is 1.52. The number of carbonyl (C=O) groups is 2. The molecule has 0 spiro atoms. The first-order valence-electron chi connectivity index (χ1n) is 13.3. The number of nitrogens with zero attached hydrogens (tertiary/aromatic N) is 1. The Kier molecular flexibility index (Phi) is 7.72. The van der Waals surface area contributed by atoms with Crippen molar-refractivity contribution in [2.75, 3.05) is 38.1 Å². The Hall–Kier alpha value is -3.42. The number of fused-ring (bicyclic) bond motifs is 2. The number of likely N-dealkylation sites (tertiary alicyclic amines) is 1. The number of amides is 1. The summed E-state index contributed by atoms with van der Waals surface area (Å²) in [6, 6.07) is 19.6. The molecule has 3 aliphatic heterocycles. The van der Waals surface area contributed by atoms with Crippen molar-refractivity contribution in [2.45, 2.75) is 43.9 Å². The zero-order chi connectivity index (χ0) is 25.7. The molecule has 2 aromatic rings. The van der Waals surface area contributed by atoms with Gasteiger partial charge in [-0.25, -0.2) is 4.79 Å². The van der Waals surface area contributed by atoms with E-state index >= 15 is 0 Å². The normalized spacial score (nSPS) is 23.3. The molecular formula is C30H35N3O4. The van der Waals surface area contributed by atoms with Gasteiger partial charge in [-0.2, -0.15) is 0 Å². The Labute approximate surface area is 218 Å². The van der Waals surface area contributed by atoms with E-state index in [2.05, 4.69) is 27.7 Å². The van der Waals surface area contributed by atoms with E-state index in [-0.39, 0.29) is 18.6 Å². The lowest BCUT2D eigenvalue weighted by Crippen LogP contribution is -2.49. The minimum absolute atomic E-state index is 0.214. The third kappa shape index (κ3) is 5.33. The number of esters is 1. The summed E-state index contributed by atoms with van der Waals surface area (Å²) in [7, 11) is 0. The van der Waals surface area contributed by atoms with Crippen LogP contribution in [0.1, 0.15) is 25.3 Å². The number of benzene rings is 2. The summed E-state index contributed by atoms with van der Waals surface area (Å²) in [6.45, 7) is 5.44. The van der Waals surface area contributed by atoms with Gasteiger partial charge in [0.1, 0.15) is 11.7 Å². The molecule has 3 unspecified atom stereocenters. The monoisotopic (exact) mass is 501 g/mol. The van der Waals surface area contributed by atoms with Crippen LogP contribution in [0.25, 0.3) is 0 Å². The van der Waals surface area contributed by atoms with E-state index in [0.29, 0.717) is 24.1 Å². The minimum atomic E-state index is -1.13. The first-order chi connectivity index (χ1) is 18.1. The molecule has 1 saturated heterocycles. The summed E-state index contributed by atoms with van der Waals surface area (Å²) >= 11 is 0. The van der Waals surface area contributed by atoms with Crippen molar-refractivity contribution in [3.8, 4) is 0 Å². The molecule has 3 heterocycles. The molecule has 37 heavy (non-hydrogen) atoms. The van der Waals surface area contributed by atoms with E-state index in [1.165, 1.54) is 12.8 Å². The van der Waals surface area contributed by atoms with Crippen LogP contribution in [-0.4, -0.2) is 67.3 Å². The lowest BCUT2D eigenvalue weighted by atomic mass is 9.78. The molecule has 1 fully saturated rings. The van der Waals surface area contributed by atoms with Crippen LogP contribution in [-0.2, 0) is 25.5 Å². The number of rotatable bonds is 11. The first-order valence-corrected chi connectivity index (χ1v) is 13.3. The highest BCUT2D eigenvalue weighted by Crippen LogP contribution is 2.47. The molecule has 0 aromatic heterocycles. The van der Waals surface area contributed by atoms with Crippen molar-refractivity contribution in [1.29, 1.82) is 0 Å². The van der Waals surface area contributed by atoms with Gasteiger partial charge in [-0.3, -0.25) is 4.79 Å². The molecule has 5 rings (SSSR count). The molecule has 1 amide bonds. The van der Waals surface area contributed by atoms with E-state index in [0.717, 1.165) is 30.9 Å². The van der Waals surface area contributed by atoms with Gasteiger partial charge in [-0.05, 0) is 63.0 Å². The Morgan fingerprint density at radius 2 is 1.78 bits per heavy atom. The van der Waals surface area contributed by atoms with Gasteiger partial charge in [-0.15, -0.1) is 0 Å². The van der Waals surface area contributed by atoms with Gasteiger partial charge in [-0.1, -0.05) is 54.6 Å². The van der Waals surface area contributed by atoms with Crippen LogP contribution in [0.5, 0.6) is 0 Å². The molecule has 0 radical (unpaired) electrons. The van der Waals surface area contributed by atoms with E-state index < -0.39 is 17.7 Å². The molecule has 2 aromatic carbocycles. The number of para-hydroxylation sites is 1. The average molecular weight is 502 g/mol. The number of nitrogens with one attached hydrogen (secondary N) is 2. The highest BCUT2D eigenvalue weighted by molar-refractivity contribution is 6.07. The highest BCUT2D eigenvalue weighted by atomic mass is 16.5. The Morgan fingerprint density at radius 1 is 1.08 bits per heavy atom. The number of hydrogen-bond donors (Lipinski definition) is 2. The minimum Gasteiger partial charge on any atom is -0.463 e. The lowest BCUT2D eigenvalue weighted by molar-refractivity contribution is -0.140. The van der Waals surface area contributed by atoms with Crippen molar-refractivity contribution in [3.63, 3.8) is 0 Å². The summed E-state index contributed by atoms with van der Waals surface area (Å²) < 4.78 is 12.0. The molecule has 2 N–H and O–H groups in total. The van der Waals surface area contributed by atoms with Crippen LogP contribution in [0.4, 0.5) is 5.69 Å². The third-order valence-electron chi connectivity index (χ3n) is 7.34. The average Bonchev–Trinajstić information content (AvgIpc) is 3.66. The molecule has 2 bridgehead atoms. The lowest BCUT2D eigenvalue weighted by Gasteiger charge is -2.36. The largest absolute Gasteiger partial charge is 0.463 e. The smallest absolute Gasteiger partial charge is 0.337 e. The standard InChI is InChI=1S/C30H35N3O4/c1-2-36-29(35)27-26(28(34)31-17-20-33-18-9-10-19-33)24-15-16-30(27,37-24)25(21-22-11-5-3-6-12-22)32-23-13-7-4-8-14-23/h3-8,11-16,24-25,32H,2,9-10,17-21H2,1H3,(H,31,34). The number of hydrogen-bond acceptors (Lipinski definition) is 6. The van der Waals surface area contributed by atoms with Gasteiger partial charge >= 0.3 is 5.97 Å². The first kappa shape index (κ1) is 25.2. The van der Waals surface area contributed by atoms with E-state index in [4.69, 9.17) is 9.47 Å². The fraction of sp³-hybridized carbons (Fsp3) is 0.400.